The van der Waals surface area contributed by atoms with E-state index in [0.29, 0.717) is 10.8 Å². The molecule has 0 spiro atoms. The Hall–Kier alpha value is -1.22. The van der Waals surface area contributed by atoms with E-state index in [1.807, 2.05) is 0 Å². The molecule has 3 nitrogen and oxygen atoms in total. The van der Waals surface area contributed by atoms with Gasteiger partial charge in [0.1, 0.15) is 12.4 Å². The van der Waals surface area contributed by atoms with E-state index in [2.05, 4.69) is 0 Å². The van der Waals surface area contributed by atoms with Crippen LogP contribution in [-0.4, -0.2) is 17.7 Å². The minimum atomic E-state index is -0.774. The molecule has 0 heterocycles. The van der Waals surface area contributed by atoms with Crippen LogP contribution in [0.15, 0.2) is 24.3 Å². The van der Waals surface area contributed by atoms with Crippen molar-refractivity contribution in [1.29, 1.82) is 0 Å². The molecule has 0 aromatic heterocycles. The van der Waals surface area contributed by atoms with Gasteiger partial charge in [0.25, 0.3) is 0 Å². The molecule has 1 atom stereocenters. The number of carbonyl (C=O) groups is 1. The molecule has 1 unspecified atom stereocenters. The second-order valence-electron chi connectivity index (χ2n) is 4.05. The number of hydrogen-bond acceptors (Lipinski definition) is 2. The van der Waals surface area contributed by atoms with Crippen molar-refractivity contribution < 1.29 is 14.6 Å². The van der Waals surface area contributed by atoms with E-state index in [1.165, 1.54) is 0 Å². The highest BCUT2D eigenvalue weighted by molar-refractivity contribution is 6.30. The fraction of sp³-hybridized carbons (Fsp3) is 0.417. The second kappa shape index (κ2) is 4.74. The zero-order chi connectivity index (χ0) is 11.5. The summed E-state index contributed by atoms with van der Waals surface area (Å²) in [4.78, 5) is 11.0. The van der Waals surface area contributed by atoms with Crippen molar-refractivity contribution >= 4 is 17.6 Å². The summed E-state index contributed by atoms with van der Waals surface area (Å²) < 4.78 is 5.45. The standard InChI is InChI=1S/C12H13ClO3/c13-9-2-1-3-10(6-9)16-7-11(12(14)15)8-4-5-8/h1-3,6,8,11H,4-5,7H2,(H,14,15). The van der Waals surface area contributed by atoms with E-state index in [1.54, 1.807) is 24.3 Å². The first-order valence-electron chi connectivity index (χ1n) is 5.28. The maximum absolute atomic E-state index is 11.0. The van der Waals surface area contributed by atoms with E-state index in [0.717, 1.165) is 12.8 Å². The molecule has 0 radical (unpaired) electrons. The number of carboxylic acid groups (broad SMARTS) is 1. The zero-order valence-corrected chi connectivity index (χ0v) is 9.48. The summed E-state index contributed by atoms with van der Waals surface area (Å²) in [5, 5.41) is 9.60. The van der Waals surface area contributed by atoms with Gasteiger partial charge in [0.15, 0.2) is 0 Å². The number of ether oxygens (including phenoxy) is 1. The van der Waals surface area contributed by atoms with E-state index in [4.69, 9.17) is 21.4 Å². The van der Waals surface area contributed by atoms with Gasteiger partial charge in [-0.05, 0) is 37.0 Å². The molecule has 0 bridgehead atoms. The average molecular weight is 241 g/mol. The van der Waals surface area contributed by atoms with Crippen molar-refractivity contribution in [3.05, 3.63) is 29.3 Å². The lowest BCUT2D eigenvalue weighted by Gasteiger charge is -2.12. The highest BCUT2D eigenvalue weighted by Gasteiger charge is 2.36. The summed E-state index contributed by atoms with van der Waals surface area (Å²) in [6.07, 6.45) is 1.99. The van der Waals surface area contributed by atoms with E-state index in [-0.39, 0.29) is 18.4 Å². The molecule has 1 aliphatic rings. The number of hydrogen-bond donors (Lipinski definition) is 1. The third kappa shape index (κ3) is 2.89. The molecule has 4 heteroatoms. The zero-order valence-electron chi connectivity index (χ0n) is 8.73. The predicted molar refractivity (Wildman–Crippen MR) is 60.8 cm³/mol. The summed E-state index contributed by atoms with van der Waals surface area (Å²) >= 11 is 5.80. The Morgan fingerprint density at radius 1 is 1.56 bits per heavy atom. The molecule has 16 heavy (non-hydrogen) atoms. The summed E-state index contributed by atoms with van der Waals surface area (Å²) in [5.41, 5.74) is 0. The average Bonchev–Trinajstić information content (AvgIpc) is 3.02. The normalized spacial score (nSPS) is 16.8. The topological polar surface area (TPSA) is 46.5 Å². The maximum atomic E-state index is 11.0. The van der Waals surface area contributed by atoms with Gasteiger partial charge in [-0.1, -0.05) is 17.7 Å². The van der Waals surface area contributed by atoms with Crippen LogP contribution in [0.2, 0.25) is 5.02 Å². The molecule has 1 saturated carbocycles. The Kier molecular flexibility index (Phi) is 3.34. The third-order valence-corrected chi connectivity index (χ3v) is 2.97. The maximum Gasteiger partial charge on any atom is 0.310 e. The minimum absolute atomic E-state index is 0.223. The van der Waals surface area contributed by atoms with Gasteiger partial charge in [0.2, 0.25) is 0 Å². The van der Waals surface area contributed by atoms with Gasteiger partial charge in [-0.3, -0.25) is 4.79 Å². The van der Waals surface area contributed by atoms with Crippen molar-refractivity contribution in [2.24, 2.45) is 11.8 Å². The van der Waals surface area contributed by atoms with Crippen molar-refractivity contribution in [3.8, 4) is 5.75 Å². The van der Waals surface area contributed by atoms with Crippen molar-refractivity contribution in [1.82, 2.24) is 0 Å². The van der Waals surface area contributed by atoms with E-state index >= 15 is 0 Å². The van der Waals surface area contributed by atoms with Crippen LogP contribution < -0.4 is 4.74 Å². The Morgan fingerprint density at radius 3 is 2.88 bits per heavy atom. The lowest BCUT2D eigenvalue weighted by atomic mass is 10.1. The number of benzene rings is 1. The largest absolute Gasteiger partial charge is 0.493 e. The van der Waals surface area contributed by atoms with Gasteiger partial charge in [0.05, 0.1) is 5.92 Å². The fourth-order valence-electron chi connectivity index (χ4n) is 1.65. The Bertz CT molecular complexity index is 388. The summed E-state index contributed by atoms with van der Waals surface area (Å²) in [6, 6.07) is 7.00. The molecule has 1 N–H and O–H groups in total. The van der Waals surface area contributed by atoms with Gasteiger partial charge in [-0.25, -0.2) is 0 Å². The number of rotatable bonds is 5. The van der Waals surface area contributed by atoms with Crippen LogP contribution in [0.4, 0.5) is 0 Å². The summed E-state index contributed by atoms with van der Waals surface area (Å²) in [7, 11) is 0. The fourth-order valence-corrected chi connectivity index (χ4v) is 1.83. The lowest BCUT2D eigenvalue weighted by molar-refractivity contribution is -0.143. The molecule has 1 fully saturated rings. The van der Waals surface area contributed by atoms with Crippen LogP contribution in [0.1, 0.15) is 12.8 Å². The molecule has 1 aromatic carbocycles. The van der Waals surface area contributed by atoms with Gasteiger partial charge in [-0.15, -0.1) is 0 Å². The summed E-state index contributed by atoms with van der Waals surface area (Å²) in [6.45, 7) is 0.223. The van der Waals surface area contributed by atoms with Crippen LogP contribution in [0.3, 0.4) is 0 Å². The summed E-state index contributed by atoms with van der Waals surface area (Å²) in [5.74, 6) is -0.250. The smallest absolute Gasteiger partial charge is 0.310 e. The lowest BCUT2D eigenvalue weighted by Crippen LogP contribution is -2.23. The molecule has 0 saturated heterocycles. The van der Waals surface area contributed by atoms with Crippen LogP contribution in [0.5, 0.6) is 5.75 Å². The van der Waals surface area contributed by atoms with Crippen LogP contribution >= 0.6 is 11.6 Å². The first-order valence-corrected chi connectivity index (χ1v) is 5.66. The minimum Gasteiger partial charge on any atom is -0.493 e. The Labute approximate surface area is 99.0 Å². The van der Waals surface area contributed by atoms with E-state index in [9.17, 15) is 4.79 Å². The van der Waals surface area contributed by atoms with Gasteiger partial charge in [0, 0.05) is 5.02 Å². The monoisotopic (exact) mass is 240 g/mol. The molecule has 86 valence electrons. The van der Waals surface area contributed by atoms with Crippen LogP contribution in [0, 0.1) is 11.8 Å². The highest BCUT2D eigenvalue weighted by atomic mass is 35.5. The number of halogens is 1. The second-order valence-corrected chi connectivity index (χ2v) is 4.49. The van der Waals surface area contributed by atoms with E-state index < -0.39 is 5.97 Å². The molecule has 0 amide bonds. The molecular formula is C12H13ClO3. The quantitative estimate of drug-likeness (QED) is 0.861. The molecule has 0 aliphatic heterocycles. The predicted octanol–water partition coefficient (Wildman–Crippen LogP) is 2.83. The van der Waals surface area contributed by atoms with Crippen molar-refractivity contribution in [2.75, 3.05) is 6.61 Å². The Morgan fingerprint density at radius 2 is 2.31 bits per heavy atom. The third-order valence-electron chi connectivity index (χ3n) is 2.73. The first-order chi connectivity index (χ1) is 7.66. The van der Waals surface area contributed by atoms with Gasteiger partial charge in [-0.2, -0.15) is 0 Å². The Balaban J connectivity index is 1.92. The van der Waals surface area contributed by atoms with Crippen molar-refractivity contribution in [3.63, 3.8) is 0 Å². The van der Waals surface area contributed by atoms with Crippen molar-refractivity contribution in [2.45, 2.75) is 12.8 Å². The number of aliphatic carboxylic acids is 1. The molecule has 1 aliphatic carbocycles. The highest BCUT2D eigenvalue weighted by Crippen LogP contribution is 2.37. The number of carboxylic acids is 1. The van der Waals surface area contributed by atoms with Gasteiger partial charge < -0.3 is 9.84 Å². The first kappa shape index (κ1) is 11.3. The van der Waals surface area contributed by atoms with Crippen LogP contribution in [0.25, 0.3) is 0 Å². The molecule has 2 rings (SSSR count). The SMILES string of the molecule is O=C(O)C(COc1cccc(Cl)c1)C1CC1. The molecule has 1 aromatic rings. The molecular weight excluding hydrogens is 228 g/mol. The van der Waals surface area contributed by atoms with Crippen LogP contribution in [-0.2, 0) is 4.79 Å². The van der Waals surface area contributed by atoms with Gasteiger partial charge >= 0.3 is 5.97 Å².